The van der Waals surface area contributed by atoms with Crippen LogP contribution in [0.2, 0.25) is 0 Å². The number of anilines is 1. The molecule has 1 fully saturated rings. The Kier molecular flexibility index (Phi) is 7.59. The summed E-state index contributed by atoms with van der Waals surface area (Å²) in [6, 6.07) is 14.2. The minimum Gasteiger partial charge on any atom is -0.465 e. The maximum Gasteiger partial charge on any atom is 0.337 e. The lowest BCUT2D eigenvalue weighted by Gasteiger charge is -2.40. The van der Waals surface area contributed by atoms with Crippen LogP contribution in [0.25, 0.3) is 0 Å². The van der Waals surface area contributed by atoms with Crippen molar-refractivity contribution in [1.29, 1.82) is 0 Å². The second-order valence-corrected chi connectivity index (χ2v) is 10.6. The number of sulfone groups is 1. The summed E-state index contributed by atoms with van der Waals surface area (Å²) in [4.78, 5) is 16.3. The number of rotatable bonds is 8. The Morgan fingerprint density at radius 2 is 1.69 bits per heavy atom. The standard InChI is InChI=1S/C24H32N2O5S/c1-25(21-8-6-20(7-9-21)23(27)31-2)18-24(28)13-16-26(17-14-24)15-12-19-4-10-22(11-5-19)32(3,29)30/h4-11,28H,12-18H2,1-3H3. The molecule has 1 aliphatic rings. The van der Waals surface area contributed by atoms with Gasteiger partial charge in [0.2, 0.25) is 0 Å². The van der Waals surface area contributed by atoms with Gasteiger partial charge < -0.3 is 19.6 Å². The van der Waals surface area contributed by atoms with Gasteiger partial charge in [-0.1, -0.05) is 12.1 Å². The lowest BCUT2D eigenvalue weighted by Crippen LogP contribution is -2.50. The zero-order chi connectivity index (χ0) is 23.4. The molecule has 174 valence electrons. The Morgan fingerprint density at radius 1 is 1.09 bits per heavy atom. The predicted octanol–water partition coefficient (Wildman–Crippen LogP) is 2.38. The number of likely N-dealkylation sites (tertiary alicyclic amines) is 1. The van der Waals surface area contributed by atoms with Gasteiger partial charge in [0.05, 0.1) is 23.2 Å². The SMILES string of the molecule is COC(=O)c1ccc(N(C)CC2(O)CCN(CCc3ccc(S(C)(=O)=O)cc3)CC2)cc1. The first-order valence-corrected chi connectivity index (χ1v) is 12.6. The van der Waals surface area contributed by atoms with E-state index >= 15 is 0 Å². The van der Waals surface area contributed by atoms with Crippen LogP contribution >= 0.6 is 0 Å². The molecule has 8 heteroatoms. The molecule has 0 saturated carbocycles. The lowest BCUT2D eigenvalue weighted by molar-refractivity contribution is -0.0137. The Labute approximate surface area is 190 Å². The predicted molar refractivity (Wildman–Crippen MR) is 125 cm³/mol. The average molecular weight is 461 g/mol. The van der Waals surface area contributed by atoms with Crippen LogP contribution in [0.3, 0.4) is 0 Å². The number of aliphatic hydroxyl groups is 1. The molecule has 1 heterocycles. The Hall–Kier alpha value is -2.42. The van der Waals surface area contributed by atoms with Crippen molar-refractivity contribution in [2.75, 3.05) is 51.5 Å². The summed E-state index contributed by atoms with van der Waals surface area (Å²) < 4.78 is 27.9. The number of ether oxygens (including phenoxy) is 1. The molecule has 1 N–H and O–H groups in total. The number of methoxy groups -OCH3 is 1. The molecule has 0 unspecified atom stereocenters. The van der Waals surface area contributed by atoms with Gasteiger partial charge in [-0.15, -0.1) is 0 Å². The van der Waals surface area contributed by atoms with E-state index in [4.69, 9.17) is 4.74 Å². The normalized spacial score (nSPS) is 16.5. The van der Waals surface area contributed by atoms with Crippen LogP contribution < -0.4 is 4.90 Å². The first kappa shape index (κ1) is 24.2. The lowest BCUT2D eigenvalue weighted by atomic mass is 9.90. The van der Waals surface area contributed by atoms with Crippen molar-refractivity contribution in [3.8, 4) is 0 Å². The average Bonchev–Trinajstić information content (AvgIpc) is 2.78. The van der Waals surface area contributed by atoms with Gasteiger partial charge in [-0.25, -0.2) is 13.2 Å². The summed E-state index contributed by atoms with van der Waals surface area (Å²) >= 11 is 0. The number of piperidine rings is 1. The number of likely N-dealkylation sites (N-methyl/N-ethyl adjacent to an activating group) is 1. The van der Waals surface area contributed by atoms with E-state index in [0.717, 1.165) is 37.3 Å². The third kappa shape index (κ3) is 6.31. The molecule has 0 spiro atoms. The third-order valence-electron chi connectivity index (χ3n) is 6.12. The van der Waals surface area contributed by atoms with Gasteiger partial charge in [-0.05, 0) is 61.2 Å². The topological polar surface area (TPSA) is 87.2 Å². The summed E-state index contributed by atoms with van der Waals surface area (Å²) in [5.41, 5.74) is 1.78. The molecule has 32 heavy (non-hydrogen) atoms. The van der Waals surface area contributed by atoms with Crippen molar-refractivity contribution in [3.05, 3.63) is 59.7 Å². The fraction of sp³-hybridized carbons (Fsp3) is 0.458. The number of benzene rings is 2. The minimum absolute atomic E-state index is 0.341. The highest BCUT2D eigenvalue weighted by Crippen LogP contribution is 2.26. The highest BCUT2D eigenvalue weighted by molar-refractivity contribution is 7.90. The van der Waals surface area contributed by atoms with Crippen LogP contribution in [0.4, 0.5) is 5.69 Å². The van der Waals surface area contributed by atoms with Gasteiger partial charge in [-0.2, -0.15) is 0 Å². The molecule has 7 nitrogen and oxygen atoms in total. The van der Waals surface area contributed by atoms with Crippen LogP contribution in [0.5, 0.6) is 0 Å². The monoisotopic (exact) mass is 460 g/mol. The van der Waals surface area contributed by atoms with Crippen molar-refractivity contribution >= 4 is 21.5 Å². The molecule has 0 bridgehead atoms. The Bertz CT molecular complexity index is 1010. The molecule has 0 amide bonds. The number of nitrogens with zero attached hydrogens (tertiary/aromatic N) is 2. The molecule has 1 aliphatic heterocycles. The van der Waals surface area contributed by atoms with Crippen LogP contribution in [0.1, 0.15) is 28.8 Å². The highest BCUT2D eigenvalue weighted by atomic mass is 32.2. The second-order valence-electron chi connectivity index (χ2n) is 8.63. The van der Waals surface area contributed by atoms with Crippen molar-refractivity contribution < 1.29 is 23.1 Å². The van der Waals surface area contributed by atoms with E-state index in [0.29, 0.717) is 29.8 Å². The Morgan fingerprint density at radius 3 is 2.22 bits per heavy atom. The molecule has 3 rings (SSSR count). The van der Waals surface area contributed by atoms with Gasteiger partial charge in [0.1, 0.15) is 0 Å². The first-order valence-electron chi connectivity index (χ1n) is 10.7. The fourth-order valence-corrected chi connectivity index (χ4v) is 4.67. The van der Waals surface area contributed by atoms with Crippen molar-refractivity contribution in [2.45, 2.75) is 29.8 Å². The Balaban J connectivity index is 1.48. The highest BCUT2D eigenvalue weighted by Gasteiger charge is 2.33. The van der Waals surface area contributed by atoms with Gasteiger partial charge in [0.15, 0.2) is 9.84 Å². The number of carbonyl (C=O) groups is 1. The van der Waals surface area contributed by atoms with Crippen LogP contribution in [-0.2, 0) is 21.0 Å². The van der Waals surface area contributed by atoms with E-state index in [1.807, 2.05) is 36.2 Å². The first-order chi connectivity index (χ1) is 15.1. The largest absolute Gasteiger partial charge is 0.465 e. The third-order valence-corrected chi connectivity index (χ3v) is 7.24. The summed E-state index contributed by atoms with van der Waals surface area (Å²) in [5.74, 6) is -0.364. The van der Waals surface area contributed by atoms with E-state index in [1.165, 1.54) is 13.4 Å². The number of hydrogen-bond donors (Lipinski definition) is 1. The van der Waals surface area contributed by atoms with Gasteiger partial charge in [-0.3, -0.25) is 0 Å². The molecule has 2 aromatic rings. The van der Waals surface area contributed by atoms with Gasteiger partial charge in [0.25, 0.3) is 0 Å². The van der Waals surface area contributed by atoms with Gasteiger partial charge in [0, 0.05) is 45.2 Å². The fourth-order valence-electron chi connectivity index (χ4n) is 4.04. The van der Waals surface area contributed by atoms with Crippen molar-refractivity contribution in [2.24, 2.45) is 0 Å². The van der Waals surface area contributed by atoms with Crippen LogP contribution in [-0.4, -0.2) is 76.6 Å². The van der Waals surface area contributed by atoms with E-state index in [1.54, 1.807) is 24.3 Å². The molecule has 2 aromatic carbocycles. The smallest absolute Gasteiger partial charge is 0.337 e. The summed E-state index contributed by atoms with van der Waals surface area (Å²) in [6.45, 7) is 3.02. The maximum atomic E-state index is 11.6. The van der Waals surface area contributed by atoms with E-state index in [9.17, 15) is 18.3 Å². The number of esters is 1. The molecular formula is C24H32N2O5S. The maximum absolute atomic E-state index is 11.6. The van der Waals surface area contributed by atoms with Crippen molar-refractivity contribution in [3.63, 3.8) is 0 Å². The van der Waals surface area contributed by atoms with E-state index in [2.05, 4.69) is 4.90 Å². The molecule has 0 atom stereocenters. The second kappa shape index (κ2) is 10.0. The zero-order valence-corrected chi connectivity index (χ0v) is 19.8. The molecular weight excluding hydrogens is 428 g/mol. The molecule has 0 aromatic heterocycles. The van der Waals surface area contributed by atoms with Gasteiger partial charge >= 0.3 is 5.97 Å². The summed E-state index contributed by atoms with van der Waals surface area (Å²) in [7, 11) is 0.134. The molecule has 1 saturated heterocycles. The summed E-state index contributed by atoms with van der Waals surface area (Å²) in [5, 5.41) is 11.1. The quantitative estimate of drug-likeness (QED) is 0.605. The summed E-state index contributed by atoms with van der Waals surface area (Å²) in [6.07, 6.45) is 3.43. The van der Waals surface area contributed by atoms with E-state index < -0.39 is 15.4 Å². The molecule has 0 aliphatic carbocycles. The minimum atomic E-state index is -3.17. The number of hydrogen-bond acceptors (Lipinski definition) is 7. The van der Waals surface area contributed by atoms with Crippen LogP contribution in [0, 0.1) is 0 Å². The van der Waals surface area contributed by atoms with Crippen LogP contribution in [0.15, 0.2) is 53.4 Å². The zero-order valence-electron chi connectivity index (χ0n) is 19.0. The number of carbonyl (C=O) groups excluding carboxylic acids is 1. The van der Waals surface area contributed by atoms with Crippen molar-refractivity contribution in [1.82, 2.24) is 4.90 Å². The van der Waals surface area contributed by atoms with E-state index in [-0.39, 0.29) is 5.97 Å². The molecule has 0 radical (unpaired) electrons.